The van der Waals surface area contributed by atoms with E-state index in [0.717, 1.165) is 23.8 Å². The van der Waals surface area contributed by atoms with Gasteiger partial charge in [0.05, 0.1) is 10.3 Å². The van der Waals surface area contributed by atoms with Crippen molar-refractivity contribution in [3.8, 4) is 17.2 Å². The van der Waals surface area contributed by atoms with Crippen LogP contribution in [0, 0.1) is 6.92 Å². The predicted molar refractivity (Wildman–Crippen MR) is 126 cm³/mol. The second-order valence-corrected chi connectivity index (χ2v) is 9.54. The number of halogens is 3. The molecule has 8 nitrogen and oxygen atoms in total. The lowest BCUT2D eigenvalue weighted by Gasteiger charge is -2.13. The van der Waals surface area contributed by atoms with Crippen LogP contribution in [-0.2, 0) is 21.0 Å². The average Bonchev–Trinajstić information content (AvgIpc) is 2.84. The number of alkyl halides is 3. The summed E-state index contributed by atoms with van der Waals surface area (Å²) in [6, 6.07) is 16.5. The zero-order valence-electron chi connectivity index (χ0n) is 19.0. The lowest BCUT2D eigenvalue weighted by molar-refractivity contribution is -0.154. The Morgan fingerprint density at radius 1 is 0.973 bits per heavy atom. The molecule has 1 heterocycles. The highest BCUT2D eigenvalue weighted by atomic mass is 32.2. The minimum atomic E-state index is -5.07. The van der Waals surface area contributed by atoms with E-state index in [2.05, 4.69) is 4.72 Å². The van der Waals surface area contributed by atoms with Gasteiger partial charge in [0.25, 0.3) is 5.76 Å². The second-order valence-electron chi connectivity index (χ2n) is 7.77. The van der Waals surface area contributed by atoms with Crippen LogP contribution >= 0.6 is 0 Å². The fraction of sp³-hybridized carbons (Fsp3) is 0.120. The Hall–Kier alpha value is -4.16. The molecule has 0 atom stereocenters. The summed E-state index contributed by atoms with van der Waals surface area (Å²) in [6.45, 7) is 1.03. The third-order valence-electron chi connectivity index (χ3n) is 5.01. The van der Waals surface area contributed by atoms with Crippen LogP contribution in [0.4, 0.5) is 13.2 Å². The molecule has 1 N–H and O–H groups in total. The van der Waals surface area contributed by atoms with Gasteiger partial charge in [-0.3, -0.25) is 9.59 Å². The number of carbonyl (C=O) groups is 1. The van der Waals surface area contributed by atoms with Crippen molar-refractivity contribution in [2.24, 2.45) is 0 Å². The third kappa shape index (κ3) is 5.98. The van der Waals surface area contributed by atoms with Crippen LogP contribution in [0.3, 0.4) is 0 Å². The van der Waals surface area contributed by atoms with Gasteiger partial charge >= 0.3 is 12.1 Å². The molecule has 3 aromatic carbocycles. The summed E-state index contributed by atoms with van der Waals surface area (Å²) >= 11 is 0. The molecule has 0 unspecified atom stereocenters. The van der Waals surface area contributed by atoms with E-state index in [4.69, 9.17) is 13.9 Å². The highest BCUT2D eigenvalue weighted by Gasteiger charge is 2.40. The number of carbonyl (C=O) groups excluding carboxylic acids is 1. The van der Waals surface area contributed by atoms with Gasteiger partial charge < -0.3 is 13.9 Å². The number of aryl methyl sites for hydroxylation is 1. The van der Waals surface area contributed by atoms with Crippen LogP contribution in [0.25, 0.3) is 11.0 Å². The summed E-state index contributed by atoms with van der Waals surface area (Å²) in [4.78, 5) is 25.0. The highest BCUT2D eigenvalue weighted by Crippen LogP contribution is 2.38. The van der Waals surface area contributed by atoms with E-state index >= 15 is 0 Å². The van der Waals surface area contributed by atoms with Crippen molar-refractivity contribution in [2.45, 2.75) is 18.0 Å². The fourth-order valence-electron chi connectivity index (χ4n) is 3.23. The fourth-order valence-corrected chi connectivity index (χ4v) is 4.20. The number of hydrogen-bond donors (Lipinski definition) is 1. The molecule has 0 radical (unpaired) electrons. The zero-order valence-corrected chi connectivity index (χ0v) is 19.9. The molecule has 4 rings (SSSR count). The Labute approximate surface area is 208 Å². The SMILES string of the molecule is Cc1ccc(S(=O)(=O)NCC(=O)Oc2ccc3c(=O)c(Oc4ccccc4)c(C(F)(F)F)oc3c2)cc1. The van der Waals surface area contributed by atoms with Crippen molar-refractivity contribution in [2.75, 3.05) is 6.54 Å². The van der Waals surface area contributed by atoms with E-state index in [-0.39, 0.29) is 21.8 Å². The van der Waals surface area contributed by atoms with E-state index in [1.54, 1.807) is 25.1 Å². The number of hydrogen-bond acceptors (Lipinski definition) is 7. The highest BCUT2D eigenvalue weighted by molar-refractivity contribution is 7.89. The molecular formula is C25H18F3NO7S. The molecule has 0 saturated heterocycles. The second kappa shape index (κ2) is 10.1. The van der Waals surface area contributed by atoms with Gasteiger partial charge in [-0.1, -0.05) is 35.9 Å². The molecule has 0 amide bonds. The van der Waals surface area contributed by atoms with Crippen molar-refractivity contribution >= 4 is 27.0 Å². The van der Waals surface area contributed by atoms with Crippen molar-refractivity contribution in [3.05, 3.63) is 94.3 Å². The topological polar surface area (TPSA) is 112 Å². The first kappa shape index (κ1) is 25.9. The summed E-state index contributed by atoms with van der Waals surface area (Å²) in [7, 11) is -4.01. The normalized spacial score (nSPS) is 11.9. The van der Waals surface area contributed by atoms with E-state index in [1.165, 1.54) is 36.4 Å². The molecular weight excluding hydrogens is 515 g/mol. The molecule has 12 heteroatoms. The van der Waals surface area contributed by atoms with Gasteiger partial charge in [-0.15, -0.1) is 0 Å². The number of ether oxygens (including phenoxy) is 2. The maximum Gasteiger partial charge on any atom is 0.453 e. The maximum absolute atomic E-state index is 13.7. The number of rotatable bonds is 7. The largest absolute Gasteiger partial charge is 0.453 e. The Balaban J connectivity index is 1.57. The van der Waals surface area contributed by atoms with Gasteiger partial charge in [0, 0.05) is 6.07 Å². The smallest absolute Gasteiger partial charge is 0.449 e. The quantitative estimate of drug-likeness (QED) is 0.268. The van der Waals surface area contributed by atoms with Gasteiger partial charge in [0.1, 0.15) is 23.6 Å². The predicted octanol–water partition coefficient (Wildman–Crippen LogP) is 4.80. The number of esters is 1. The first-order valence-electron chi connectivity index (χ1n) is 10.6. The lowest BCUT2D eigenvalue weighted by Crippen LogP contribution is -2.32. The molecule has 0 saturated carbocycles. The average molecular weight is 533 g/mol. The minimum absolute atomic E-state index is 0.00158. The standard InChI is InChI=1S/C25H18F3NO7S/c1-15-7-10-18(11-8-15)37(32,33)29-14-21(30)34-17-9-12-19-20(13-17)36-24(25(26,27)28)23(22(19)31)35-16-5-3-2-4-6-16/h2-13,29H,14H2,1H3. The molecule has 0 aliphatic heterocycles. The van der Waals surface area contributed by atoms with Crippen LogP contribution in [0.2, 0.25) is 0 Å². The molecule has 0 fully saturated rings. The van der Waals surface area contributed by atoms with Crippen LogP contribution < -0.4 is 19.6 Å². The minimum Gasteiger partial charge on any atom is -0.449 e. The van der Waals surface area contributed by atoms with E-state index in [1.807, 2.05) is 0 Å². The molecule has 192 valence electrons. The van der Waals surface area contributed by atoms with E-state index < -0.39 is 51.2 Å². The van der Waals surface area contributed by atoms with E-state index in [9.17, 15) is 31.2 Å². The number of sulfonamides is 1. The zero-order chi connectivity index (χ0) is 26.8. The summed E-state index contributed by atoms with van der Waals surface area (Å²) in [6.07, 6.45) is -5.07. The van der Waals surface area contributed by atoms with E-state index in [0.29, 0.717) is 0 Å². The Kier molecular flexibility index (Phi) is 7.05. The molecule has 0 bridgehead atoms. The number of benzene rings is 3. The van der Waals surface area contributed by atoms with Crippen molar-refractivity contribution in [1.82, 2.24) is 4.72 Å². The summed E-state index contributed by atoms with van der Waals surface area (Å²) in [5.74, 6) is -4.01. The number of fused-ring (bicyclic) bond motifs is 1. The van der Waals surface area contributed by atoms with Crippen molar-refractivity contribution < 1.29 is 40.3 Å². The Bertz CT molecular complexity index is 1610. The maximum atomic E-state index is 13.7. The lowest BCUT2D eigenvalue weighted by atomic mass is 10.2. The van der Waals surface area contributed by atoms with Crippen LogP contribution in [0.5, 0.6) is 17.2 Å². The molecule has 0 spiro atoms. The molecule has 37 heavy (non-hydrogen) atoms. The van der Waals surface area contributed by atoms with Gasteiger partial charge in [-0.2, -0.15) is 17.9 Å². The summed E-state index contributed by atoms with van der Waals surface area (Å²) in [5, 5.41) is -0.251. The molecule has 0 aliphatic rings. The van der Waals surface area contributed by atoms with Gasteiger partial charge in [-0.05, 0) is 43.3 Å². The van der Waals surface area contributed by atoms with Crippen LogP contribution in [0.1, 0.15) is 11.3 Å². The summed E-state index contributed by atoms with van der Waals surface area (Å²) in [5.41, 5.74) is -0.752. The number of nitrogens with one attached hydrogen (secondary N) is 1. The molecule has 0 aliphatic carbocycles. The van der Waals surface area contributed by atoms with Gasteiger partial charge in [0.15, 0.2) is 0 Å². The van der Waals surface area contributed by atoms with Crippen LogP contribution in [-0.4, -0.2) is 20.9 Å². The van der Waals surface area contributed by atoms with Gasteiger partial charge in [0.2, 0.25) is 21.2 Å². The number of para-hydroxylation sites is 1. The molecule has 4 aromatic rings. The van der Waals surface area contributed by atoms with Crippen LogP contribution in [0.15, 0.2) is 86.9 Å². The summed E-state index contributed by atoms with van der Waals surface area (Å²) < 4.78 is 82.9. The first-order chi connectivity index (χ1) is 17.4. The monoisotopic (exact) mass is 533 g/mol. The van der Waals surface area contributed by atoms with Crippen molar-refractivity contribution in [3.63, 3.8) is 0 Å². The Morgan fingerprint density at radius 3 is 2.30 bits per heavy atom. The first-order valence-corrected chi connectivity index (χ1v) is 12.1. The Morgan fingerprint density at radius 2 is 1.65 bits per heavy atom. The van der Waals surface area contributed by atoms with Gasteiger partial charge in [-0.25, -0.2) is 8.42 Å². The third-order valence-corrected chi connectivity index (χ3v) is 6.43. The van der Waals surface area contributed by atoms with Crippen molar-refractivity contribution in [1.29, 1.82) is 0 Å². The molecule has 1 aromatic heterocycles.